The van der Waals surface area contributed by atoms with Gasteiger partial charge in [0.05, 0.1) is 6.54 Å². The lowest BCUT2D eigenvalue weighted by molar-refractivity contribution is -0.131. The molecule has 0 aliphatic carbocycles. The summed E-state index contributed by atoms with van der Waals surface area (Å²) < 4.78 is 0. The maximum atomic E-state index is 11.3. The van der Waals surface area contributed by atoms with Crippen LogP contribution in [0.4, 0.5) is 4.79 Å². The van der Waals surface area contributed by atoms with Crippen molar-refractivity contribution in [3.63, 3.8) is 0 Å². The summed E-state index contributed by atoms with van der Waals surface area (Å²) in [4.78, 5) is 46.2. The highest BCUT2D eigenvalue weighted by atomic mass is 16.2. The summed E-state index contributed by atoms with van der Waals surface area (Å²) in [5.41, 5.74) is 4.82. The maximum Gasteiger partial charge on any atom is 0.327 e. The van der Waals surface area contributed by atoms with E-state index in [9.17, 15) is 19.2 Å². The lowest BCUT2D eigenvalue weighted by Crippen LogP contribution is -2.43. The first-order chi connectivity index (χ1) is 7.41. The summed E-state index contributed by atoms with van der Waals surface area (Å²) in [5.74, 6) is -1.73. The number of nitrogens with one attached hydrogen (secondary N) is 1. The van der Waals surface area contributed by atoms with E-state index in [1.165, 1.54) is 11.9 Å². The van der Waals surface area contributed by atoms with Gasteiger partial charge in [-0.1, -0.05) is 0 Å². The third-order valence-electron chi connectivity index (χ3n) is 1.99. The Morgan fingerprint density at radius 2 is 2.06 bits per heavy atom. The molecule has 88 valence electrons. The second kappa shape index (κ2) is 4.60. The van der Waals surface area contributed by atoms with Crippen LogP contribution in [0.3, 0.4) is 0 Å². The van der Waals surface area contributed by atoms with Gasteiger partial charge >= 0.3 is 6.03 Å². The van der Waals surface area contributed by atoms with Gasteiger partial charge in [0.15, 0.2) is 0 Å². The Morgan fingerprint density at radius 3 is 2.50 bits per heavy atom. The van der Waals surface area contributed by atoms with E-state index < -0.39 is 30.3 Å². The van der Waals surface area contributed by atoms with E-state index in [-0.39, 0.29) is 13.1 Å². The number of amides is 5. The molecule has 0 spiro atoms. The number of urea groups is 1. The molecule has 1 heterocycles. The van der Waals surface area contributed by atoms with Crippen LogP contribution >= 0.6 is 0 Å². The Hall–Kier alpha value is -2.12. The van der Waals surface area contributed by atoms with E-state index in [2.05, 4.69) is 5.32 Å². The summed E-state index contributed by atoms with van der Waals surface area (Å²) in [6, 6.07) is -0.528. The fraction of sp³-hybridized carbons (Fsp3) is 0.500. The summed E-state index contributed by atoms with van der Waals surface area (Å²) in [7, 11) is 1.46. The molecule has 1 rings (SSSR count). The quantitative estimate of drug-likeness (QED) is 0.517. The molecule has 16 heavy (non-hydrogen) atoms. The lowest BCUT2D eigenvalue weighted by Gasteiger charge is -2.13. The molecule has 0 atom stereocenters. The molecule has 1 fully saturated rings. The molecule has 8 nitrogen and oxygen atoms in total. The van der Waals surface area contributed by atoms with Gasteiger partial charge < -0.3 is 16.0 Å². The van der Waals surface area contributed by atoms with Crippen LogP contribution in [0, 0.1) is 0 Å². The van der Waals surface area contributed by atoms with Crippen molar-refractivity contribution < 1.29 is 19.2 Å². The van der Waals surface area contributed by atoms with E-state index in [4.69, 9.17) is 5.73 Å². The van der Waals surface area contributed by atoms with Crippen LogP contribution in [0.2, 0.25) is 0 Å². The monoisotopic (exact) mass is 228 g/mol. The number of nitrogens with two attached hydrogens (primary N) is 1. The van der Waals surface area contributed by atoms with Gasteiger partial charge in [-0.15, -0.1) is 0 Å². The third-order valence-corrected chi connectivity index (χ3v) is 1.99. The molecule has 1 aliphatic heterocycles. The number of imide groups is 1. The van der Waals surface area contributed by atoms with E-state index >= 15 is 0 Å². The maximum absolute atomic E-state index is 11.3. The molecule has 0 unspecified atom stereocenters. The molecular formula is C8H12N4O4. The zero-order chi connectivity index (χ0) is 12.3. The largest absolute Gasteiger partial charge is 0.368 e. The number of hydrogen-bond acceptors (Lipinski definition) is 4. The molecule has 3 N–H and O–H groups in total. The van der Waals surface area contributed by atoms with Crippen LogP contribution < -0.4 is 11.1 Å². The molecule has 0 radical (unpaired) electrons. The molecular weight excluding hydrogens is 216 g/mol. The zero-order valence-corrected chi connectivity index (χ0v) is 8.73. The van der Waals surface area contributed by atoms with Crippen molar-refractivity contribution >= 4 is 23.8 Å². The van der Waals surface area contributed by atoms with Crippen LogP contribution in [-0.2, 0) is 14.4 Å². The molecule has 0 aromatic carbocycles. The normalized spacial score (nSPS) is 15.6. The molecule has 5 amide bonds. The number of carbonyl (C=O) groups excluding carboxylic acids is 4. The zero-order valence-electron chi connectivity index (χ0n) is 8.73. The second-order valence-electron chi connectivity index (χ2n) is 3.36. The van der Waals surface area contributed by atoms with Crippen LogP contribution in [-0.4, -0.2) is 60.2 Å². The van der Waals surface area contributed by atoms with Crippen molar-refractivity contribution in [3.05, 3.63) is 0 Å². The minimum atomic E-state index is -0.690. The first-order valence-corrected chi connectivity index (χ1v) is 4.52. The van der Waals surface area contributed by atoms with Crippen molar-refractivity contribution in [2.45, 2.75) is 0 Å². The predicted molar refractivity (Wildman–Crippen MR) is 51.9 cm³/mol. The van der Waals surface area contributed by atoms with Gasteiger partial charge in [0.1, 0.15) is 13.1 Å². The van der Waals surface area contributed by atoms with Crippen LogP contribution in [0.5, 0.6) is 0 Å². The topological polar surface area (TPSA) is 113 Å². The minimum absolute atomic E-state index is 0.0397. The van der Waals surface area contributed by atoms with Crippen molar-refractivity contribution in [2.24, 2.45) is 5.73 Å². The van der Waals surface area contributed by atoms with Gasteiger partial charge in [0.2, 0.25) is 11.8 Å². The highest BCUT2D eigenvalue weighted by Crippen LogP contribution is 2.06. The van der Waals surface area contributed by atoms with Crippen LogP contribution in [0.25, 0.3) is 0 Å². The Bertz CT molecular complexity index is 354. The van der Waals surface area contributed by atoms with E-state index in [0.29, 0.717) is 0 Å². The Balaban J connectivity index is 2.48. The van der Waals surface area contributed by atoms with Gasteiger partial charge in [0, 0.05) is 7.05 Å². The predicted octanol–water partition coefficient (Wildman–Crippen LogP) is -2.52. The number of rotatable bonds is 4. The van der Waals surface area contributed by atoms with Crippen LogP contribution in [0.1, 0.15) is 0 Å². The fourth-order valence-corrected chi connectivity index (χ4v) is 1.21. The molecule has 8 heteroatoms. The fourth-order valence-electron chi connectivity index (χ4n) is 1.21. The lowest BCUT2D eigenvalue weighted by atomic mass is 10.4. The number of nitrogens with zero attached hydrogens (tertiary/aromatic N) is 2. The van der Waals surface area contributed by atoms with Crippen molar-refractivity contribution in [2.75, 3.05) is 26.7 Å². The van der Waals surface area contributed by atoms with E-state index in [1.807, 2.05) is 0 Å². The van der Waals surface area contributed by atoms with Crippen molar-refractivity contribution in [1.82, 2.24) is 15.1 Å². The number of primary amides is 1. The average molecular weight is 228 g/mol. The van der Waals surface area contributed by atoms with Crippen molar-refractivity contribution in [3.8, 4) is 0 Å². The van der Waals surface area contributed by atoms with Crippen molar-refractivity contribution in [1.29, 1.82) is 0 Å². The summed E-state index contributed by atoms with van der Waals surface area (Å²) >= 11 is 0. The highest BCUT2D eigenvalue weighted by Gasteiger charge is 2.34. The Kier molecular flexibility index (Phi) is 3.44. The highest BCUT2D eigenvalue weighted by molar-refractivity contribution is 6.04. The van der Waals surface area contributed by atoms with E-state index in [0.717, 1.165) is 4.90 Å². The Labute approximate surface area is 91.3 Å². The summed E-state index contributed by atoms with van der Waals surface area (Å²) in [6.45, 7) is -0.748. The van der Waals surface area contributed by atoms with Crippen LogP contribution in [0.15, 0.2) is 0 Å². The SMILES string of the molecule is CN1CC(=O)N(CC(=O)NCC(N)=O)C1=O. The standard InChI is InChI=1S/C8H12N4O4/c1-11-4-7(15)12(8(11)16)3-6(14)10-2-5(9)13/h2-4H2,1H3,(H2,9,13)(H,10,14). The smallest absolute Gasteiger partial charge is 0.327 e. The van der Waals surface area contributed by atoms with Gasteiger partial charge in [-0.2, -0.15) is 0 Å². The van der Waals surface area contributed by atoms with E-state index in [1.54, 1.807) is 0 Å². The summed E-state index contributed by atoms with van der Waals surface area (Å²) in [6.07, 6.45) is 0. The second-order valence-corrected chi connectivity index (χ2v) is 3.36. The molecule has 0 aromatic heterocycles. The van der Waals surface area contributed by atoms with Gasteiger partial charge in [0.25, 0.3) is 5.91 Å². The number of likely N-dealkylation sites (N-methyl/N-ethyl adjacent to an activating group) is 1. The molecule has 0 saturated carbocycles. The van der Waals surface area contributed by atoms with Gasteiger partial charge in [-0.3, -0.25) is 19.3 Å². The van der Waals surface area contributed by atoms with Gasteiger partial charge in [-0.05, 0) is 0 Å². The number of carbonyl (C=O) groups is 4. The molecule has 0 aromatic rings. The molecule has 0 bridgehead atoms. The number of hydrogen-bond donors (Lipinski definition) is 2. The first kappa shape index (κ1) is 12.0. The molecule has 1 aliphatic rings. The average Bonchev–Trinajstić information content (AvgIpc) is 2.42. The minimum Gasteiger partial charge on any atom is -0.368 e. The third kappa shape index (κ3) is 2.69. The first-order valence-electron chi connectivity index (χ1n) is 4.52. The molecule has 1 saturated heterocycles. The Morgan fingerprint density at radius 1 is 1.44 bits per heavy atom. The summed E-state index contributed by atoms with van der Waals surface area (Å²) in [5, 5.41) is 2.19. The van der Waals surface area contributed by atoms with Gasteiger partial charge in [-0.25, -0.2) is 4.79 Å².